The van der Waals surface area contributed by atoms with Gasteiger partial charge in [-0.05, 0) is 6.16 Å². The largest absolute Gasteiger partial charge is 0.294 e. The summed E-state index contributed by atoms with van der Waals surface area (Å²) in [4.78, 5) is 11.8. The summed E-state index contributed by atoms with van der Waals surface area (Å²) < 4.78 is 0. The van der Waals surface area contributed by atoms with Crippen LogP contribution in [0.5, 0.6) is 0 Å². The molecule has 0 fully saturated rings. The van der Waals surface area contributed by atoms with Crippen LogP contribution in [0.2, 0.25) is 25.1 Å². The van der Waals surface area contributed by atoms with E-state index in [1.165, 1.54) is 0 Å². The SMILES string of the molecule is O=C(CCP)c1c(Cl)c(Cl)c(Cl)c(Cl)c1Cl.[Li]. The van der Waals surface area contributed by atoms with Gasteiger partial charge in [0.2, 0.25) is 0 Å². The number of hydrogen-bond acceptors (Lipinski definition) is 1. The van der Waals surface area contributed by atoms with E-state index in [2.05, 4.69) is 9.24 Å². The third-order valence-electron chi connectivity index (χ3n) is 1.86. The van der Waals surface area contributed by atoms with Crippen molar-refractivity contribution >= 4 is 91.9 Å². The van der Waals surface area contributed by atoms with Crippen LogP contribution < -0.4 is 0 Å². The Morgan fingerprint density at radius 3 is 1.59 bits per heavy atom. The molecule has 8 heteroatoms. The van der Waals surface area contributed by atoms with E-state index in [0.717, 1.165) is 0 Å². The topological polar surface area (TPSA) is 17.1 Å². The number of rotatable bonds is 3. The van der Waals surface area contributed by atoms with E-state index < -0.39 is 0 Å². The van der Waals surface area contributed by atoms with Crippen molar-refractivity contribution in [3.05, 3.63) is 30.7 Å². The Hall–Kier alpha value is 1.37. The molecule has 0 amide bonds. The first-order chi connectivity index (χ1) is 7.41. The summed E-state index contributed by atoms with van der Waals surface area (Å²) in [6.45, 7) is 0. The van der Waals surface area contributed by atoms with Crippen molar-refractivity contribution < 1.29 is 4.79 Å². The van der Waals surface area contributed by atoms with Crippen molar-refractivity contribution in [1.82, 2.24) is 0 Å². The molecular formula is C9H6Cl5LiOP. The van der Waals surface area contributed by atoms with E-state index in [1.807, 2.05) is 0 Å². The molecule has 1 unspecified atom stereocenters. The standard InChI is InChI=1S/C9H6Cl5OP.Li/c10-5-4(3(15)1-2-16)6(11)8(13)9(14)7(5)12;/h1-2,16H2;. The van der Waals surface area contributed by atoms with E-state index in [9.17, 15) is 4.79 Å². The zero-order valence-corrected chi connectivity index (χ0v) is 13.7. The molecule has 0 N–H and O–H groups in total. The van der Waals surface area contributed by atoms with Gasteiger partial charge in [0.25, 0.3) is 0 Å². The van der Waals surface area contributed by atoms with Crippen molar-refractivity contribution in [2.45, 2.75) is 6.42 Å². The average molecular weight is 345 g/mol. The second-order valence-corrected chi connectivity index (χ2v) is 5.37. The molecule has 1 rings (SSSR count). The van der Waals surface area contributed by atoms with Crippen LogP contribution in [-0.2, 0) is 0 Å². The Balaban J connectivity index is 0.00000256. The third-order valence-corrected chi connectivity index (χ3v) is 4.43. The van der Waals surface area contributed by atoms with Gasteiger partial charge in [0.05, 0.1) is 30.7 Å². The predicted molar refractivity (Wildman–Crippen MR) is 80.8 cm³/mol. The maximum atomic E-state index is 11.8. The quantitative estimate of drug-likeness (QED) is 0.247. The molecule has 0 spiro atoms. The van der Waals surface area contributed by atoms with E-state index in [1.54, 1.807) is 0 Å². The minimum Gasteiger partial charge on any atom is -0.294 e. The summed E-state index contributed by atoms with van der Waals surface area (Å²) in [5.74, 6) is -0.217. The van der Waals surface area contributed by atoms with Gasteiger partial charge in [-0.1, -0.05) is 58.0 Å². The first-order valence-corrected chi connectivity index (χ1v) is 6.87. The second kappa shape index (κ2) is 7.84. The van der Waals surface area contributed by atoms with Gasteiger partial charge in [-0.3, -0.25) is 4.79 Å². The fraction of sp³-hybridized carbons (Fsp3) is 0.222. The van der Waals surface area contributed by atoms with Crippen LogP contribution in [-0.4, -0.2) is 30.8 Å². The summed E-state index contributed by atoms with van der Waals surface area (Å²) in [6.07, 6.45) is 0.891. The second-order valence-electron chi connectivity index (χ2n) is 2.91. The molecule has 1 aromatic rings. The predicted octanol–water partition coefficient (Wildman–Crippen LogP) is 5.02. The zero-order valence-electron chi connectivity index (χ0n) is 8.79. The number of carbonyl (C=O) groups is 1. The van der Waals surface area contributed by atoms with Gasteiger partial charge in [-0.25, -0.2) is 0 Å². The van der Waals surface area contributed by atoms with E-state index >= 15 is 0 Å². The molecule has 0 heterocycles. The molecule has 0 aliphatic rings. The van der Waals surface area contributed by atoms with Crippen molar-refractivity contribution in [3.63, 3.8) is 0 Å². The molecule has 0 aliphatic heterocycles. The summed E-state index contributed by atoms with van der Waals surface area (Å²) in [5, 5.41) is 0.240. The monoisotopic (exact) mass is 343 g/mol. The average Bonchev–Trinajstić information content (AvgIpc) is 2.24. The molecule has 89 valence electrons. The maximum absolute atomic E-state index is 11.8. The Kier molecular flexibility index (Phi) is 8.47. The first kappa shape index (κ1) is 18.4. The van der Waals surface area contributed by atoms with Gasteiger partial charge in [-0.15, -0.1) is 9.24 Å². The molecule has 0 aromatic heterocycles. The smallest absolute Gasteiger partial charge is 0.166 e. The number of hydrogen-bond donors (Lipinski definition) is 0. The van der Waals surface area contributed by atoms with Crippen molar-refractivity contribution in [2.24, 2.45) is 0 Å². The van der Waals surface area contributed by atoms with Crippen LogP contribution in [0.25, 0.3) is 0 Å². The zero-order chi connectivity index (χ0) is 12.5. The Bertz CT molecular complexity index is 422. The van der Waals surface area contributed by atoms with Crippen LogP contribution in [0.1, 0.15) is 16.8 Å². The van der Waals surface area contributed by atoms with Gasteiger partial charge in [-0.2, -0.15) is 0 Å². The van der Waals surface area contributed by atoms with Gasteiger partial charge in [0, 0.05) is 25.3 Å². The van der Waals surface area contributed by atoms with Gasteiger partial charge in [0.15, 0.2) is 5.78 Å². The van der Waals surface area contributed by atoms with E-state index in [-0.39, 0.29) is 55.3 Å². The minimum atomic E-state index is -0.217. The molecule has 1 aromatic carbocycles. The summed E-state index contributed by atoms with van der Waals surface area (Å²) in [6, 6.07) is 0. The van der Waals surface area contributed by atoms with Crippen molar-refractivity contribution in [2.75, 3.05) is 6.16 Å². The van der Waals surface area contributed by atoms with Crippen molar-refractivity contribution in [1.29, 1.82) is 0 Å². The first-order valence-electron chi connectivity index (χ1n) is 4.16. The number of carbonyl (C=O) groups excluding carboxylic acids is 1. The molecular weight excluding hydrogens is 339 g/mol. The molecule has 1 nitrogen and oxygen atoms in total. The molecule has 0 saturated carbocycles. The molecule has 0 saturated heterocycles. The summed E-state index contributed by atoms with van der Waals surface area (Å²) in [5.41, 5.74) is 0.130. The number of benzene rings is 1. The number of halogens is 5. The molecule has 0 bridgehead atoms. The summed E-state index contributed by atoms with van der Waals surface area (Å²) >= 11 is 29.3. The molecule has 17 heavy (non-hydrogen) atoms. The van der Waals surface area contributed by atoms with E-state index in [0.29, 0.717) is 12.6 Å². The minimum absolute atomic E-state index is 0. The maximum Gasteiger partial charge on any atom is 0.166 e. The van der Waals surface area contributed by atoms with Crippen molar-refractivity contribution in [3.8, 4) is 0 Å². The number of ketones is 1. The normalized spacial score (nSPS) is 10.0. The Morgan fingerprint density at radius 1 is 0.882 bits per heavy atom. The Labute approximate surface area is 139 Å². The fourth-order valence-electron chi connectivity index (χ4n) is 1.11. The van der Waals surface area contributed by atoms with Crippen LogP contribution in [0.3, 0.4) is 0 Å². The van der Waals surface area contributed by atoms with Crippen LogP contribution in [0, 0.1) is 0 Å². The third kappa shape index (κ3) is 3.91. The van der Waals surface area contributed by atoms with Gasteiger partial charge >= 0.3 is 0 Å². The molecule has 1 radical (unpaired) electrons. The number of Topliss-reactive ketones (excluding diaryl/α,β-unsaturated/α-hetero) is 1. The summed E-state index contributed by atoms with van der Waals surface area (Å²) in [7, 11) is 2.44. The van der Waals surface area contributed by atoms with Crippen LogP contribution >= 0.6 is 67.2 Å². The van der Waals surface area contributed by atoms with Gasteiger partial charge in [0.1, 0.15) is 0 Å². The van der Waals surface area contributed by atoms with E-state index in [4.69, 9.17) is 58.0 Å². The van der Waals surface area contributed by atoms with Gasteiger partial charge < -0.3 is 0 Å². The Morgan fingerprint density at radius 2 is 1.24 bits per heavy atom. The van der Waals surface area contributed by atoms with Crippen LogP contribution in [0.4, 0.5) is 0 Å². The molecule has 0 aliphatic carbocycles. The molecule has 1 atom stereocenters. The van der Waals surface area contributed by atoms with Crippen LogP contribution in [0.15, 0.2) is 0 Å². The fourth-order valence-corrected chi connectivity index (χ4v) is 2.72.